The molecule has 0 radical (unpaired) electrons. The van der Waals surface area contributed by atoms with Gasteiger partial charge in [0.1, 0.15) is 12.4 Å². The highest BCUT2D eigenvalue weighted by Gasteiger charge is 2.07. The number of aliphatic imine (C=N–C) groups is 1. The molecule has 0 unspecified atom stereocenters. The normalized spacial score (nSPS) is 11.3. The maximum absolute atomic E-state index is 5.87. The van der Waals surface area contributed by atoms with Crippen LogP contribution in [-0.2, 0) is 17.7 Å². The van der Waals surface area contributed by atoms with E-state index in [0.29, 0.717) is 19.8 Å². The van der Waals surface area contributed by atoms with Crippen LogP contribution in [0.25, 0.3) is 10.9 Å². The molecule has 2 aromatic carbocycles. The SMILES string of the molecule is CN=C(NCCCc1c[nH]c2ccccc12)NCc1ccc(C)cc1OCCOC.I. The number of hydrogen-bond acceptors (Lipinski definition) is 3. The number of halogens is 1. The van der Waals surface area contributed by atoms with Gasteiger partial charge in [0.15, 0.2) is 5.96 Å². The number of aryl methyl sites for hydroxylation is 2. The van der Waals surface area contributed by atoms with Gasteiger partial charge >= 0.3 is 0 Å². The zero-order valence-electron chi connectivity index (χ0n) is 18.5. The van der Waals surface area contributed by atoms with E-state index in [4.69, 9.17) is 9.47 Å². The zero-order chi connectivity index (χ0) is 21.2. The number of benzene rings is 2. The minimum absolute atomic E-state index is 0. The van der Waals surface area contributed by atoms with Crippen LogP contribution in [-0.4, -0.2) is 44.9 Å². The number of nitrogens with one attached hydrogen (secondary N) is 3. The average molecular weight is 536 g/mol. The van der Waals surface area contributed by atoms with Crippen LogP contribution in [0.1, 0.15) is 23.1 Å². The first-order valence-electron chi connectivity index (χ1n) is 10.4. The summed E-state index contributed by atoms with van der Waals surface area (Å²) >= 11 is 0. The molecule has 3 rings (SSSR count). The summed E-state index contributed by atoms with van der Waals surface area (Å²) in [6, 6.07) is 14.7. The maximum Gasteiger partial charge on any atom is 0.191 e. The molecule has 7 heteroatoms. The van der Waals surface area contributed by atoms with Gasteiger partial charge in [-0.3, -0.25) is 4.99 Å². The Hall–Kier alpha value is -2.26. The highest BCUT2D eigenvalue weighted by atomic mass is 127. The number of aromatic amines is 1. The fraction of sp³-hybridized carbons (Fsp3) is 0.375. The number of aromatic nitrogens is 1. The Morgan fingerprint density at radius 1 is 1.06 bits per heavy atom. The highest BCUT2D eigenvalue weighted by Crippen LogP contribution is 2.20. The monoisotopic (exact) mass is 536 g/mol. The molecule has 3 N–H and O–H groups in total. The first kappa shape index (κ1) is 25.0. The van der Waals surface area contributed by atoms with Crippen LogP contribution in [0.2, 0.25) is 0 Å². The lowest BCUT2D eigenvalue weighted by Crippen LogP contribution is -2.37. The predicted octanol–water partition coefficient (Wildman–Crippen LogP) is 4.42. The van der Waals surface area contributed by atoms with E-state index in [2.05, 4.69) is 76.2 Å². The van der Waals surface area contributed by atoms with Crippen molar-refractivity contribution in [2.24, 2.45) is 4.99 Å². The number of para-hydroxylation sites is 1. The van der Waals surface area contributed by atoms with Crippen LogP contribution >= 0.6 is 24.0 Å². The van der Waals surface area contributed by atoms with Crippen LogP contribution < -0.4 is 15.4 Å². The van der Waals surface area contributed by atoms with Crippen molar-refractivity contribution in [2.45, 2.75) is 26.3 Å². The van der Waals surface area contributed by atoms with Crippen molar-refractivity contribution in [3.8, 4) is 5.75 Å². The van der Waals surface area contributed by atoms with Gasteiger partial charge in [0.25, 0.3) is 0 Å². The van der Waals surface area contributed by atoms with Crippen LogP contribution in [0.4, 0.5) is 0 Å². The highest BCUT2D eigenvalue weighted by molar-refractivity contribution is 14.0. The van der Waals surface area contributed by atoms with E-state index < -0.39 is 0 Å². The topological polar surface area (TPSA) is 70.7 Å². The first-order chi connectivity index (χ1) is 14.7. The molecule has 0 saturated heterocycles. The van der Waals surface area contributed by atoms with Gasteiger partial charge in [-0.1, -0.05) is 30.3 Å². The Balaban J connectivity index is 0.00000341. The quantitative estimate of drug-likeness (QED) is 0.155. The smallest absolute Gasteiger partial charge is 0.191 e. The van der Waals surface area contributed by atoms with Crippen molar-refractivity contribution in [3.63, 3.8) is 0 Å². The minimum atomic E-state index is 0. The van der Waals surface area contributed by atoms with Gasteiger partial charge in [-0.05, 0) is 43.0 Å². The molecule has 3 aromatic rings. The summed E-state index contributed by atoms with van der Waals surface area (Å²) in [5.41, 5.74) is 4.82. The Labute approximate surface area is 201 Å². The van der Waals surface area contributed by atoms with Crippen LogP contribution in [0.5, 0.6) is 5.75 Å². The van der Waals surface area contributed by atoms with Gasteiger partial charge in [-0.2, -0.15) is 0 Å². The number of ether oxygens (including phenoxy) is 2. The molecule has 0 aliphatic rings. The second-order valence-electron chi connectivity index (χ2n) is 7.27. The molecule has 6 nitrogen and oxygen atoms in total. The fourth-order valence-electron chi connectivity index (χ4n) is 3.40. The van der Waals surface area contributed by atoms with Crippen LogP contribution in [0.15, 0.2) is 53.7 Å². The second-order valence-corrected chi connectivity index (χ2v) is 7.27. The molecule has 0 saturated carbocycles. The summed E-state index contributed by atoms with van der Waals surface area (Å²) in [6.07, 6.45) is 4.15. The molecule has 0 amide bonds. The molecule has 31 heavy (non-hydrogen) atoms. The maximum atomic E-state index is 5.87. The van der Waals surface area contributed by atoms with E-state index in [0.717, 1.165) is 36.7 Å². The zero-order valence-corrected chi connectivity index (χ0v) is 20.9. The first-order valence-corrected chi connectivity index (χ1v) is 10.4. The predicted molar refractivity (Wildman–Crippen MR) is 139 cm³/mol. The third-order valence-electron chi connectivity index (χ3n) is 5.03. The Morgan fingerprint density at radius 3 is 2.71 bits per heavy atom. The molecule has 0 atom stereocenters. The Morgan fingerprint density at radius 2 is 1.90 bits per heavy atom. The van der Waals surface area contributed by atoms with Crippen molar-refractivity contribution >= 4 is 40.8 Å². The van der Waals surface area contributed by atoms with Crippen molar-refractivity contribution in [1.29, 1.82) is 0 Å². The molecule has 1 aromatic heterocycles. The molecule has 0 aliphatic carbocycles. The molecular weight excluding hydrogens is 503 g/mol. The lowest BCUT2D eigenvalue weighted by Gasteiger charge is -2.15. The van der Waals surface area contributed by atoms with E-state index >= 15 is 0 Å². The Bertz CT molecular complexity index is 971. The lowest BCUT2D eigenvalue weighted by atomic mass is 10.1. The summed E-state index contributed by atoms with van der Waals surface area (Å²) in [6.45, 7) is 4.66. The molecule has 1 heterocycles. The van der Waals surface area contributed by atoms with E-state index in [1.165, 1.54) is 22.0 Å². The van der Waals surface area contributed by atoms with Gasteiger partial charge in [0.2, 0.25) is 0 Å². The fourth-order valence-corrected chi connectivity index (χ4v) is 3.40. The van der Waals surface area contributed by atoms with Gasteiger partial charge < -0.3 is 25.1 Å². The number of H-pyrrole nitrogens is 1. The van der Waals surface area contributed by atoms with Crippen molar-refractivity contribution in [2.75, 3.05) is 33.9 Å². The molecule has 168 valence electrons. The minimum Gasteiger partial charge on any atom is -0.491 e. The number of guanidine groups is 1. The van der Waals surface area contributed by atoms with E-state index in [1.807, 2.05) is 0 Å². The molecule has 0 fully saturated rings. The number of nitrogens with zero attached hydrogens (tertiary/aromatic N) is 1. The molecular formula is C24H33IN4O2. The molecule has 0 spiro atoms. The summed E-state index contributed by atoms with van der Waals surface area (Å²) in [4.78, 5) is 7.68. The summed E-state index contributed by atoms with van der Waals surface area (Å²) in [5.74, 6) is 1.67. The third kappa shape index (κ3) is 7.43. The number of hydrogen-bond donors (Lipinski definition) is 3. The van der Waals surface area contributed by atoms with Gasteiger partial charge in [0, 0.05) is 49.9 Å². The second kappa shape index (κ2) is 13.2. The van der Waals surface area contributed by atoms with Gasteiger partial charge in [-0.25, -0.2) is 0 Å². The summed E-state index contributed by atoms with van der Waals surface area (Å²) in [5, 5.41) is 8.09. The van der Waals surface area contributed by atoms with Crippen molar-refractivity contribution < 1.29 is 9.47 Å². The number of methoxy groups -OCH3 is 1. The van der Waals surface area contributed by atoms with E-state index in [9.17, 15) is 0 Å². The van der Waals surface area contributed by atoms with Crippen molar-refractivity contribution in [1.82, 2.24) is 15.6 Å². The number of rotatable bonds is 10. The van der Waals surface area contributed by atoms with Crippen LogP contribution in [0.3, 0.4) is 0 Å². The third-order valence-corrected chi connectivity index (χ3v) is 5.03. The average Bonchev–Trinajstić information content (AvgIpc) is 3.17. The largest absolute Gasteiger partial charge is 0.491 e. The lowest BCUT2D eigenvalue weighted by molar-refractivity contribution is 0.145. The van der Waals surface area contributed by atoms with E-state index in [-0.39, 0.29) is 24.0 Å². The summed E-state index contributed by atoms with van der Waals surface area (Å²) < 4.78 is 11.0. The van der Waals surface area contributed by atoms with E-state index in [1.54, 1.807) is 14.2 Å². The Kier molecular flexibility index (Phi) is 10.7. The van der Waals surface area contributed by atoms with Gasteiger partial charge in [-0.15, -0.1) is 24.0 Å². The van der Waals surface area contributed by atoms with Crippen LogP contribution in [0, 0.1) is 6.92 Å². The number of fused-ring (bicyclic) bond motifs is 1. The van der Waals surface area contributed by atoms with Crippen molar-refractivity contribution in [3.05, 3.63) is 65.4 Å². The summed E-state index contributed by atoms with van der Waals surface area (Å²) in [7, 11) is 3.47. The standard InChI is InChI=1S/C24H32N4O2.HI/c1-18-10-11-20(23(15-18)30-14-13-29-3)17-28-24(25-2)26-12-6-7-19-16-27-22-9-5-4-8-21(19)22;/h4-5,8-11,15-16,27H,6-7,12-14,17H2,1-3H3,(H2,25,26,28);1H. The molecule has 0 aliphatic heterocycles. The van der Waals surface area contributed by atoms with Gasteiger partial charge in [0.05, 0.1) is 6.61 Å². The molecule has 0 bridgehead atoms.